The number of amidine groups is 1. The van der Waals surface area contributed by atoms with Crippen LogP contribution >= 0.6 is 0 Å². The number of carbonyl (C=O) groups is 1. The van der Waals surface area contributed by atoms with Gasteiger partial charge in [0, 0.05) is 26.2 Å². The molecule has 1 saturated heterocycles. The monoisotopic (exact) mass is 283 g/mol. The summed E-state index contributed by atoms with van der Waals surface area (Å²) < 4.78 is 10.1. The fourth-order valence-corrected chi connectivity index (χ4v) is 2.17. The molecule has 0 unspecified atom stereocenters. The Morgan fingerprint density at radius 1 is 1.55 bits per heavy atom. The number of ether oxygens (including phenoxy) is 1. The van der Waals surface area contributed by atoms with Gasteiger partial charge in [0.2, 0.25) is 11.8 Å². The number of oxime groups is 1. The van der Waals surface area contributed by atoms with E-state index in [-0.39, 0.29) is 11.7 Å². The first-order valence-corrected chi connectivity index (χ1v) is 6.28. The van der Waals surface area contributed by atoms with Gasteiger partial charge < -0.3 is 25.5 Å². The lowest BCUT2D eigenvalue weighted by molar-refractivity contribution is -0.131. The Hall–Kier alpha value is -2.16. The fraction of sp³-hybridized carbons (Fsp3) is 0.636. The number of nitrogens with one attached hydrogen (secondary N) is 1. The molecule has 0 saturated carbocycles. The molecule has 9 heteroatoms. The third-order valence-corrected chi connectivity index (χ3v) is 3.41. The lowest BCUT2D eigenvalue weighted by Gasteiger charge is -2.34. The van der Waals surface area contributed by atoms with E-state index >= 15 is 0 Å². The van der Waals surface area contributed by atoms with Crippen LogP contribution < -0.4 is 11.1 Å². The summed E-state index contributed by atoms with van der Waals surface area (Å²) in [5.74, 6) is 0.0711. The second-order valence-corrected chi connectivity index (χ2v) is 4.52. The van der Waals surface area contributed by atoms with Gasteiger partial charge in [0.05, 0.1) is 0 Å². The third kappa shape index (κ3) is 2.87. The molecule has 1 fully saturated rings. The van der Waals surface area contributed by atoms with Crippen LogP contribution in [0.25, 0.3) is 0 Å². The maximum Gasteiger partial charge on any atom is 0.234 e. The predicted octanol–water partition coefficient (Wildman–Crippen LogP) is -0.729. The molecule has 20 heavy (non-hydrogen) atoms. The van der Waals surface area contributed by atoms with Gasteiger partial charge in [-0.15, -0.1) is 0 Å². The van der Waals surface area contributed by atoms with Crippen LogP contribution in [0.4, 0.5) is 0 Å². The Morgan fingerprint density at radius 3 is 2.90 bits per heavy atom. The molecular weight excluding hydrogens is 266 g/mol. The molecule has 9 nitrogen and oxygen atoms in total. The molecule has 0 spiro atoms. The van der Waals surface area contributed by atoms with Gasteiger partial charge in [-0.3, -0.25) is 4.79 Å². The molecule has 1 aliphatic rings. The standard InChI is InChI=1S/C11H17N5O4/c12-9(16-18)11(2-5-19-6-3-11)10(17)13-4-1-8-14-7-15-20-8/h7,18H,1-6H2,(H2,12,16)(H,13,17). The molecule has 1 aliphatic heterocycles. The van der Waals surface area contributed by atoms with Crippen LogP contribution in [0.1, 0.15) is 18.7 Å². The second kappa shape index (κ2) is 6.33. The summed E-state index contributed by atoms with van der Waals surface area (Å²) in [6.45, 7) is 1.13. The van der Waals surface area contributed by atoms with Crippen molar-refractivity contribution in [2.24, 2.45) is 16.3 Å². The van der Waals surface area contributed by atoms with Crippen molar-refractivity contribution < 1.29 is 19.3 Å². The Morgan fingerprint density at radius 2 is 2.30 bits per heavy atom. The first-order chi connectivity index (χ1) is 9.69. The normalized spacial score (nSPS) is 18.7. The third-order valence-electron chi connectivity index (χ3n) is 3.41. The number of hydrogen-bond acceptors (Lipinski definition) is 7. The summed E-state index contributed by atoms with van der Waals surface area (Å²) in [7, 11) is 0. The van der Waals surface area contributed by atoms with Crippen molar-refractivity contribution in [2.45, 2.75) is 19.3 Å². The van der Waals surface area contributed by atoms with E-state index in [0.29, 0.717) is 44.9 Å². The van der Waals surface area contributed by atoms with Crippen LogP contribution in [0.5, 0.6) is 0 Å². The number of nitrogens with two attached hydrogens (primary N) is 1. The number of amides is 1. The zero-order valence-corrected chi connectivity index (χ0v) is 10.9. The van der Waals surface area contributed by atoms with E-state index in [1.54, 1.807) is 0 Å². The van der Waals surface area contributed by atoms with Crippen molar-refractivity contribution >= 4 is 11.7 Å². The van der Waals surface area contributed by atoms with Gasteiger partial charge in [0.1, 0.15) is 5.41 Å². The van der Waals surface area contributed by atoms with Gasteiger partial charge in [-0.25, -0.2) is 0 Å². The predicted molar refractivity (Wildman–Crippen MR) is 66.9 cm³/mol. The van der Waals surface area contributed by atoms with Crippen molar-refractivity contribution in [3.8, 4) is 0 Å². The van der Waals surface area contributed by atoms with Gasteiger partial charge in [-0.2, -0.15) is 4.98 Å². The molecule has 0 bridgehead atoms. The first-order valence-electron chi connectivity index (χ1n) is 6.28. The largest absolute Gasteiger partial charge is 0.409 e. The lowest BCUT2D eigenvalue weighted by Crippen LogP contribution is -2.53. The molecular formula is C11H17N5O4. The minimum Gasteiger partial charge on any atom is -0.409 e. The van der Waals surface area contributed by atoms with Crippen LogP contribution in [0.3, 0.4) is 0 Å². The molecule has 0 atom stereocenters. The zero-order chi connectivity index (χ0) is 14.4. The molecule has 110 valence electrons. The number of hydrogen-bond donors (Lipinski definition) is 3. The Labute approximate surface area is 115 Å². The summed E-state index contributed by atoms with van der Waals surface area (Å²) in [6.07, 6.45) is 2.49. The number of carbonyl (C=O) groups excluding carboxylic acids is 1. The molecule has 0 aromatic carbocycles. The zero-order valence-electron chi connectivity index (χ0n) is 10.9. The molecule has 1 aromatic rings. The van der Waals surface area contributed by atoms with Gasteiger partial charge in [-0.1, -0.05) is 10.3 Å². The van der Waals surface area contributed by atoms with Crippen molar-refractivity contribution in [3.63, 3.8) is 0 Å². The quantitative estimate of drug-likeness (QED) is 0.280. The molecule has 2 heterocycles. The molecule has 2 rings (SSSR count). The topological polar surface area (TPSA) is 136 Å². The molecule has 1 aromatic heterocycles. The number of rotatable bonds is 5. The molecule has 0 radical (unpaired) electrons. The molecule has 4 N–H and O–H groups in total. The van der Waals surface area contributed by atoms with Crippen LogP contribution in [0.2, 0.25) is 0 Å². The van der Waals surface area contributed by atoms with Gasteiger partial charge in [0.25, 0.3) is 0 Å². The van der Waals surface area contributed by atoms with E-state index in [4.69, 9.17) is 20.2 Å². The van der Waals surface area contributed by atoms with Crippen LogP contribution in [-0.4, -0.2) is 46.8 Å². The Balaban J connectivity index is 1.96. The first kappa shape index (κ1) is 14.3. The summed E-state index contributed by atoms with van der Waals surface area (Å²) in [5, 5.41) is 18.1. The highest BCUT2D eigenvalue weighted by atomic mass is 16.5. The Kier molecular flexibility index (Phi) is 4.51. The highest BCUT2D eigenvalue weighted by Gasteiger charge is 2.44. The lowest BCUT2D eigenvalue weighted by atomic mass is 9.78. The van der Waals surface area contributed by atoms with Gasteiger partial charge in [-0.05, 0) is 12.8 Å². The fourth-order valence-electron chi connectivity index (χ4n) is 2.17. The highest BCUT2D eigenvalue weighted by molar-refractivity contribution is 6.06. The Bertz CT molecular complexity index is 467. The van der Waals surface area contributed by atoms with Crippen LogP contribution in [0, 0.1) is 5.41 Å². The number of aromatic nitrogens is 2. The van der Waals surface area contributed by atoms with E-state index < -0.39 is 5.41 Å². The van der Waals surface area contributed by atoms with E-state index in [1.165, 1.54) is 6.33 Å². The van der Waals surface area contributed by atoms with E-state index in [9.17, 15) is 4.79 Å². The van der Waals surface area contributed by atoms with Gasteiger partial charge >= 0.3 is 0 Å². The summed E-state index contributed by atoms with van der Waals surface area (Å²) in [6, 6.07) is 0. The van der Waals surface area contributed by atoms with E-state index in [2.05, 4.69) is 20.6 Å². The van der Waals surface area contributed by atoms with E-state index in [0.717, 1.165) is 0 Å². The van der Waals surface area contributed by atoms with Crippen molar-refractivity contribution in [3.05, 3.63) is 12.2 Å². The average molecular weight is 283 g/mol. The smallest absolute Gasteiger partial charge is 0.234 e. The average Bonchev–Trinajstić information content (AvgIpc) is 3.00. The second-order valence-electron chi connectivity index (χ2n) is 4.52. The van der Waals surface area contributed by atoms with Crippen molar-refractivity contribution in [1.29, 1.82) is 0 Å². The maximum absolute atomic E-state index is 12.3. The maximum atomic E-state index is 12.3. The number of nitrogens with zero attached hydrogens (tertiary/aromatic N) is 3. The molecule has 1 amide bonds. The SMILES string of the molecule is NC(=NO)C1(C(=O)NCCc2ncno2)CCOCC1. The minimum atomic E-state index is -1.01. The van der Waals surface area contributed by atoms with Crippen LogP contribution in [0.15, 0.2) is 16.0 Å². The van der Waals surface area contributed by atoms with Crippen molar-refractivity contribution in [2.75, 3.05) is 19.8 Å². The summed E-state index contributed by atoms with van der Waals surface area (Å²) >= 11 is 0. The molecule has 0 aliphatic carbocycles. The highest BCUT2D eigenvalue weighted by Crippen LogP contribution is 2.31. The minimum absolute atomic E-state index is 0.0870. The summed E-state index contributed by atoms with van der Waals surface area (Å²) in [4.78, 5) is 16.2. The van der Waals surface area contributed by atoms with Gasteiger partial charge in [0.15, 0.2) is 12.2 Å². The summed E-state index contributed by atoms with van der Waals surface area (Å²) in [5.41, 5.74) is 4.68. The van der Waals surface area contributed by atoms with Crippen LogP contribution in [-0.2, 0) is 16.0 Å². The van der Waals surface area contributed by atoms with E-state index in [1.807, 2.05) is 0 Å². The van der Waals surface area contributed by atoms with Crippen molar-refractivity contribution in [1.82, 2.24) is 15.5 Å².